The average molecular weight is 480 g/mol. The molecular weight excluding hydrogens is 443 g/mol. The lowest BCUT2D eigenvalue weighted by Crippen LogP contribution is -2.43. The van der Waals surface area contributed by atoms with Gasteiger partial charge in [-0.05, 0) is 51.4 Å². The lowest BCUT2D eigenvalue weighted by molar-refractivity contribution is 0.131. The van der Waals surface area contributed by atoms with E-state index in [0.717, 1.165) is 63.5 Å². The number of aliphatic imine (C=N–C) groups is 1. The maximum absolute atomic E-state index is 9.36. The van der Waals surface area contributed by atoms with Crippen molar-refractivity contribution in [3.63, 3.8) is 0 Å². The van der Waals surface area contributed by atoms with Crippen LogP contribution in [-0.2, 0) is 4.74 Å². The van der Waals surface area contributed by atoms with Crippen molar-refractivity contribution in [3.8, 4) is 0 Å². The van der Waals surface area contributed by atoms with Crippen LogP contribution >= 0.6 is 24.0 Å². The third kappa shape index (κ3) is 7.13. The highest BCUT2D eigenvalue weighted by Crippen LogP contribution is 2.34. The summed E-state index contributed by atoms with van der Waals surface area (Å²) in [5.74, 6) is 1.86. The third-order valence-corrected chi connectivity index (χ3v) is 5.69. The van der Waals surface area contributed by atoms with Crippen LogP contribution in [0.15, 0.2) is 4.99 Å². The Morgan fingerprint density at radius 1 is 1.27 bits per heavy atom. The van der Waals surface area contributed by atoms with Crippen LogP contribution in [0, 0.1) is 11.3 Å². The fourth-order valence-electron chi connectivity index (χ4n) is 3.69. The summed E-state index contributed by atoms with van der Waals surface area (Å²) in [4.78, 5) is 7.47. The van der Waals surface area contributed by atoms with Gasteiger partial charge in [-0.25, -0.2) is 0 Å². The number of ether oxygens (including phenoxy) is 1. The Morgan fingerprint density at radius 2 is 2.08 bits per heavy atom. The van der Waals surface area contributed by atoms with Crippen molar-refractivity contribution in [1.29, 1.82) is 0 Å². The van der Waals surface area contributed by atoms with Crippen LogP contribution in [-0.4, -0.2) is 74.6 Å². The zero-order chi connectivity index (χ0) is 17.5. The van der Waals surface area contributed by atoms with E-state index >= 15 is 0 Å². The zero-order valence-corrected chi connectivity index (χ0v) is 18.5. The van der Waals surface area contributed by atoms with Gasteiger partial charge in [-0.3, -0.25) is 9.89 Å². The van der Waals surface area contributed by atoms with Gasteiger partial charge >= 0.3 is 0 Å². The Labute approximate surface area is 175 Å². The maximum Gasteiger partial charge on any atom is 0.191 e. The molecule has 3 aliphatic rings. The molecule has 1 atom stereocenters. The highest BCUT2D eigenvalue weighted by molar-refractivity contribution is 14.0. The van der Waals surface area contributed by atoms with E-state index in [0.29, 0.717) is 6.61 Å². The standard InChI is InChI=1S/C19H36N4O2.HI/c1-2-20-18(22-14-19(7-11-24)8-12-25-15-19)21-9-10-23(17-5-6-17)13-16-3-4-16;/h16-17,24H,2-15H2,1H3,(H2,20,21,22);1H. The van der Waals surface area contributed by atoms with Crippen molar-refractivity contribution >= 4 is 29.9 Å². The van der Waals surface area contributed by atoms with Crippen LogP contribution in [0.25, 0.3) is 0 Å². The average Bonchev–Trinajstić information content (AvgIpc) is 3.52. The quantitative estimate of drug-likeness (QED) is 0.239. The molecule has 3 N–H and O–H groups in total. The lowest BCUT2D eigenvalue weighted by Gasteiger charge is -2.25. The summed E-state index contributed by atoms with van der Waals surface area (Å²) < 4.78 is 5.57. The Balaban J connectivity index is 0.00000243. The van der Waals surface area contributed by atoms with Gasteiger partial charge in [-0.15, -0.1) is 24.0 Å². The molecule has 26 heavy (non-hydrogen) atoms. The van der Waals surface area contributed by atoms with Crippen molar-refractivity contribution in [2.45, 2.75) is 51.5 Å². The third-order valence-electron chi connectivity index (χ3n) is 5.69. The van der Waals surface area contributed by atoms with Crippen LogP contribution in [0.1, 0.15) is 45.4 Å². The second kappa shape index (κ2) is 11.0. The molecule has 1 heterocycles. The Bertz CT molecular complexity index is 435. The van der Waals surface area contributed by atoms with Crippen molar-refractivity contribution < 1.29 is 9.84 Å². The Kier molecular flexibility index (Phi) is 9.40. The smallest absolute Gasteiger partial charge is 0.191 e. The molecule has 1 aliphatic heterocycles. The number of hydrogen-bond donors (Lipinski definition) is 3. The number of aliphatic hydroxyl groups excluding tert-OH is 1. The maximum atomic E-state index is 9.36. The van der Waals surface area contributed by atoms with Gasteiger partial charge in [0.05, 0.1) is 13.2 Å². The van der Waals surface area contributed by atoms with Gasteiger partial charge in [0.25, 0.3) is 0 Å². The Hall–Kier alpha value is -0.120. The second-order valence-corrected chi connectivity index (χ2v) is 8.07. The predicted octanol–water partition coefficient (Wildman–Crippen LogP) is 1.82. The van der Waals surface area contributed by atoms with Crippen molar-refractivity contribution in [1.82, 2.24) is 15.5 Å². The van der Waals surface area contributed by atoms with Crippen LogP contribution in [0.5, 0.6) is 0 Å². The molecule has 2 aliphatic carbocycles. The molecule has 1 saturated heterocycles. The minimum atomic E-state index is 0. The summed E-state index contributed by atoms with van der Waals surface area (Å²) in [6.45, 7) is 8.74. The van der Waals surface area contributed by atoms with Gasteiger partial charge in [-0.2, -0.15) is 0 Å². The first-order valence-corrected chi connectivity index (χ1v) is 10.2. The van der Waals surface area contributed by atoms with E-state index in [9.17, 15) is 5.11 Å². The number of halogens is 1. The summed E-state index contributed by atoms with van der Waals surface area (Å²) >= 11 is 0. The molecule has 0 aromatic rings. The molecule has 2 saturated carbocycles. The summed E-state index contributed by atoms with van der Waals surface area (Å²) in [6.07, 6.45) is 7.38. The van der Waals surface area contributed by atoms with Gasteiger partial charge in [0.15, 0.2) is 5.96 Å². The molecule has 0 spiro atoms. The van der Waals surface area contributed by atoms with Crippen LogP contribution < -0.4 is 10.6 Å². The van der Waals surface area contributed by atoms with E-state index in [1.807, 2.05) is 0 Å². The molecular formula is C19H37IN4O2. The van der Waals surface area contributed by atoms with E-state index in [1.165, 1.54) is 32.2 Å². The van der Waals surface area contributed by atoms with E-state index < -0.39 is 0 Å². The van der Waals surface area contributed by atoms with Gasteiger partial charge < -0.3 is 20.5 Å². The molecule has 0 aromatic heterocycles. The molecule has 7 heteroatoms. The van der Waals surface area contributed by atoms with E-state index in [1.54, 1.807) is 0 Å². The molecule has 6 nitrogen and oxygen atoms in total. The highest BCUT2D eigenvalue weighted by Gasteiger charge is 2.35. The fourth-order valence-corrected chi connectivity index (χ4v) is 3.69. The molecule has 0 aromatic carbocycles. The summed E-state index contributed by atoms with van der Waals surface area (Å²) in [5, 5.41) is 16.2. The predicted molar refractivity (Wildman–Crippen MR) is 116 cm³/mol. The normalized spacial score (nSPS) is 26.0. The van der Waals surface area contributed by atoms with Gasteiger partial charge in [-0.1, -0.05) is 0 Å². The number of nitrogens with zero attached hydrogens (tertiary/aromatic N) is 2. The van der Waals surface area contributed by atoms with Crippen LogP contribution in [0.4, 0.5) is 0 Å². The Morgan fingerprint density at radius 3 is 2.65 bits per heavy atom. The first-order valence-electron chi connectivity index (χ1n) is 10.2. The lowest BCUT2D eigenvalue weighted by atomic mass is 9.84. The molecule has 3 rings (SSSR count). The van der Waals surface area contributed by atoms with Crippen LogP contribution in [0.3, 0.4) is 0 Å². The van der Waals surface area contributed by atoms with Crippen molar-refractivity contribution in [2.24, 2.45) is 16.3 Å². The number of nitrogens with one attached hydrogen (secondary N) is 2. The molecule has 0 radical (unpaired) electrons. The van der Waals surface area contributed by atoms with Gasteiger partial charge in [0.2, 0.25) is 0 Å². The number of hydrogen-bond acceptors (Lipinski definition) is 4. The van der Waals surface area contributed by atoms with Crippen molar-refractivity contribution in [2.75, 3.05) is 52.5 Å². The molecule has 0 bridgehead atoms. The number of rotatable bonds is 11. The number of aliphatic hydroxyl groups is 1. The topological polar surface area (TPSA) is 69.1 Å². The summed E-state index contributed by atoms with van der Waals surface area (Å²) in [5.41, 5.74) is 0.0170. The molecule has 152 valence electrons. The summed E-state index contributed by atoms with van der Waals surface area (Å²) in [7, 11) is 0. The first kappa shape index (κ1) is 22.2. The largest absolute Gasteiger partial charge is 0.396 e. The van der Waals surface area contributed by atoms with Gasteiger partial charge in [0, 0.05) is 50.8 Å². The zero-order valence-electron chi connectivity index (χ0n) is 16.2. The summed E-state index contributed by atoms with van der Waals surface area (Å²) in [6, 6.07) is 0.838. The minimum Gasteiger partial charge on any atom is -0.396 e. The fraction of sp³-hybridized carbons (Fsp3) is 0.947. The van der Waals surface area contributed by atoms with E-state index in [-0.39, 0.29) is 36.0 Å². The van der Waals surface area contributed by atoms with Crippen molar-refractivity contribution in [3.05, 3.63) is 0 Å². The van der Waals surface area contributed by atoms with E-state index in [4.69, 9.17) is 9.73 Å². The molecule has 0 amide bonds. The molecule has 3 fully saturated rings. The minimum absolute atomic E-state index is 0. The number of guanidine groups is 1. The van der Waals surface area contributed by atoms with E-state index in [2.05, 4.69) is 22.5 Å². The first-order chi connectivity index (χ1) is 12.2. The SMILES string of the molecule is CCNC(=NCC1(CCO)CCOC1)NCCN(CC1CC1)C1CC1.I. The van der Waals surface area contributed by atoms with Gasteiger partial charge in [0.1, 0.15) is 0 Å². The highest BCUT2D eigenvalue weighted by atomic mass is 127. The second-order valence-electron chi connectivity index (χ2n) is 8.07. The molecule has 1 unspecified atom stereocenters. The monoisotopic (exact) mass is 480 g/mol. The van der Waals surface area contributed by atoms with Crippen LogP contribution in [0.2, 0.25) is 0 Å².